The van der Waals surface area contributed by atoms with Crippen molar-refractivity contribution in [2.75, 3.05) is 12.4 Å². The lowest BCUT2D eigenvalue weighted by atomic mass is 9.97. The molecule has 0 saturated heterocycles. The molecule has 3 aromatic rings. The van der Waals surface area contributed by atoms with E-state index in [1.54, 1.807) is 12.1 Å². The van der Waals surface area contributed by atoms with E-state index >= 15 is 0 Å². The average Bonchev–Trinajstić information content (AvgIpc) is 3.40. The number of halogens is 1. The van der Waals surface area contributed by atoms with Gasteiger partial charge in [-0.2, -0.15) is 9.78 Å². The van der Waals surface area contributed by atoms with Gasteiger partial charge in [0, 0.05) is 24.0 Å². The van der Waals surface area contributed by atoms with Gasteiger partial charge in [-0.25, -0.2) is 27.7 Å². The number of ether oxygens (including phenoxy) is 1. The lowest BCUT2D eigenvalue weighted by molar-refractivity contribution is 0.250. The molecule has 1 aromatic carbocycles. The van der Waals surface area contributed by atoms with Gasteiger partial charge >= 0.3 is 6.03 Å². The van der Waals surface area contributed by atoms with Crippen molar-refractivity contribution in [3.8, 4) is 17.0 Å². The summed E-state index contributed by atoms with van der Waals surface area (Å²) in [6, 6.07) is 5.11. The van der Waals surface area contributed by atoms with Crippen LogP contribution in [0.15, 0.2) is 41.7 Å². The molecule has 1 aliphatic carbocycles. The molecule has 156 valence electrons. The third-order valence-corrected chi connectivity index (χ3v) is 5.70. The first-order valence-electron chi connectivity index (χ1n) is 9.02. The van der Waals surface area contributed by atoms with Crippen LogP contribution >= 0.6 is 0 Å². The number of hydrogen-bond acceptors (Lipinski definition) is 6. The first-order valence-corrected chi connectivity index (χ1v) is 10.6. The second-order valence-electron chi connectivity index (χ2n) is 6.75. The van der Waals surface area contributed by atoms with E-state index in [0.29, 0.717) is 46.7 Å². The van der Waals surface area contributed by atoms with Crippen molar-refractivity contribution >= 4 is 21.7 Å². The number of nitrogens with zero attached hydrogens (tertiary/aromatic N) is 3. The summed E-state index contributed by atoms with van der Waals surface area (Å²) in [5.74, 6) is -0.00238. The summed E-state index contributed by atoms with van der Waals surface area (Å²) in [6.07, 6.45) is 4.64. The second kappa shape index (κ2) is 7.50. The normalized spacial score (nSPS) is 13.2. The molecule has 0 aliphatic heterocycles. The number of amides is 1. The van der Waals surface area contributed by atoms with E-state index in [1.807, 2.05) is 0 Å². The average molecular weight is 431 g/mol. The van der Waals surface area contributed by atoms with E-state index in [-0.39, 0.29) is 5.82 Å². The highest BCUT2D eigenvalue weighted by Gasteiger charge is 2.25. The summed E-state index contributed by atoms with van der Waals surface area (Å²) in [4.78, 5) is 16.8. The first kappa shape index (κ1) is 20.0. The summed E-state index contributed by atoms with van der Waals surface area (Å²) in [5.41, 5.74) is 2.76. The number of benzene rings is 1. The number of hydrogen-bond donors (Lipinski definition) is 2. The Bertz CT molecular complexity index is 1260. The van der Waals surface area contributed by atoms with E-state index in [4.69, 9.17) is 9.88 Å². The van der Waals surface area contributed by atoms with Crippen LogP contribution in [0.25, 0.3) is 11.1 Å². The molecule has 0 spiro atoms. The first-order chi connectivity index (χ1) is 14.3. The van der Waals surface area contributed by atoms with Crippen molar-refractivity contribution in [3.05, 3.63) is 53.6 Å². The SMILES string of the molecule is COc1cc(-c2cc(F)c3c(c2NC(=O)n2ccc(S(N)(=O)=O)n2)CCC3)ccn1. The quantitative estimate of drug-likeness (QED) is 0.652. The van der Waals surface area contributed by atoms with E-state index in [2.05, 4.69) is 15.4 Å². The molecule has 3 N–H and O–H groups in total. The van der Waals surface area contributed by atoms with Crippen molar-refractivity contribution in [1.82, 2.24) is 14.8 Å². The van der Waals surface area contributed by atoms with Gasteiger partial charge in [-0.1, -0.05) is 0 Å². The Kier molecular flexibility index (Phi) is 5.00. The molecule has 4 rings (SSSR count). The number of primary sulfonamides is 1. The molecule has 9 nitrogen and oxygen atoms in total. The van der Waals surface area contributed by atoms with Crippen LogP contribution in [-0.2, 0) is 22.9 Å². The summed E-state index contributed by atoms with van der Waals surface area (Å²) in [5, 5.41) is 11.1. The Morgan fingerprint density at radius 2 is 2.03 bits per heavy atom. The number of nitrogens with one attached hydrogen (secondary N) is 1. The van der Waals surface area contributed by atoms with Crippen LogP contribution in [0.3, 0.4) is 0 Å². The summed E-state index contributed by atoms with van der Waals surface area (Å²) < 4.78 is 43.6. The van der Waals surface area contributed by atoms with Crippen LogP contribution in [0.4, 0.5) is 14.9 Å². The maximum atomic E-state index is 14.7. The van der Waals surface area contributed by atoms with Crippen LogP contribution in [0.2, 0.25) is 0 Å². The van der Waals surface area contributed by atoms with Crippen molar-refractivity contribution in [2.24, 2.45) is 5.14 Å². The summed E-state index contributed by atoms with van der Waals surface area (Å²) >= 11 is 0. The van der Waals surface area contributed by atoms with E-state index in [1.165, 1.54) is 25.6 Å². The van der Waals surface area contributed by atoms with Crippen molar-refractivity contribution in [3.63, 3.8) is 0 Å². The van der Waals surface area contributed by atoms with Crippen LogP contribution in [0, 0.1) is 5.82 Å². The number of rotatable bonds is 4. The van der Waals surface area contributed by atoms with Gasteiger partial charge in [0.2, 0.25) is 5.88 Å². The maximum absolute atomic E-state index is 14.7. The Morgan fingerprint density at radius 3 is 2.73 bits per heavy atom. The third-order valence-electron chi connectivity index (χ3n) is 4.90. The van der Waals surface area contributed by atoms with E-state index in [9.17, 15) is 17.6 Å². The van der Waals surface area contributed by atoms with Gasteiger partial charge in [0.1, 0.15) is 5.82 Å². The van der Waals surface area contributed by atoms with Crippen LogP contribution in [0.5, 0.6) is 5.88 Å². The lowest BCUT2D eigenvalue weighted by Crippen LogP contribution is -2.22. The molecule has 0 radical (unpaired) electrons. The standard InChI is InChI=1S/C19H18FN5O4S/c1-29-16-9-11(5-7-22-16)14-10-15(20)12-3-2-4-13(12)18(14)23-19(26)25-8-6-17(24-25)30(21,27)28/h5-10H,2-4H2,1H3,(H,23,26)(H2,21,27,28). The van der Waals surface area contributed by atoms with Gasteiger partial charge in [-0.05, 0) is 54.2 Å². The molecule has 30 heavy (non-hydrogen) atoms. The Labute approximate surface area is 171 Å². The van der Waals surface area contributed by atoms with Gasteiger partial charge in [0.05, 0.1) is 12.8 Å². The molecule has 0 bridgehead atoms. The molecular formula is C19H18FN5O4S. The van der Waals surface area contributed by atoms with Gasteiger partial charge in [-0.15, -0.1) is 0 Å². The van der Waals surface area contributed by atoms with Crippen molar-refractivity contribution in [1.29, 1.82) is 0 Å². The Balaban J connectivity index is 1.79. The fraction of sp³-hybridized carbons (Fsp3) is 0.211. The van der Waals surface area contributed by atoms with Gasteiger partial charge in [0.25, 0.3) is 10.0 Å². The van der Waals surface area contributed by atoms with Gasteiger partial charge in [0.15, 0.2) is 5.03 Å². The smallest absolute Gasteiger partial charge is 0.346 e. The minimum Gasteiger partial charge on any atom is -0.481 e. The second-order valence-corrected chi connectivity index (χ2v) is 8.26. The zero-order chi connectivity index (χ0) is 21.5. The molecule has 0 saturated carbocycles. The number of pyridine rings is 1. The molecule has 1 aliphatic rings. The van der Waals surface area contributed by atoms with E-state index < -0.39 is 21.1 Å². The fourth-order valence-corrected chi connectivity index (χ4v) is 3.98. The zero-order valence-corrected chi connectivity index (χ0v) is 16.7. The topological polar surface area (TPSA) is 129 Å². The summed E-state index contributed by atoms with van der Waals surface area (Å²) in [7, 11) is -2.57. The summed E-state index contributed by atoms with van der Waals surface area (Å²) in [6.45, 7) is 0. The van der Waals surface area contributed by atoms with Gasteiger partial charge < -0.3 is 10.1 Å². The highest BCUT2D eigenvalue weighted by Crippen LogP contribution is 2.39. The minimum atomic E-state index is -4.04. The molecular weight excluding hydrogens is 413 g/mol. The largest absolute Gasteiger partial charge is 0.481 e. The molecule has 0 fully saturated rings. The predicted octanol–water partition coefficient (Wildman–Crippen LogP) is 2.31. The number of aromatic nitrogens is 3. The number of anilines is 1. The molecule has 2 aromatic heterocycles. The minimum absolute atomic E-state index is 0.343. The third kappa shape index (κ3) is 3.64. The number of sulfonamides is 1. The Morgan fingerprint density at radius 1 is 1.27 bits per heavy atom. The molecule has 2 heterocycles. The number of carbonyl (C=O) groups excluding carboxylic acids is 1. The molecule has 0 unspecified atom stereocenters. The van der Waals surface area contributed by atoms with Crippen molar-refractivity contribution in [2.45, 2.75) is 24.3 Å². The number of nitrogens with two attached hydrogens (primary N) is 1. The van der Waals surface area contributed by atoms with Gasteiger partial charge in [-0.3, -0.25) is 0 Å². The Hall–Kier alpha value is -3.31. The fourth-order valence-electron chi connectivity index (χ4n) is 3.53. The number of carbonyl (C=O) groups is 1. The molecule has 11 heteroatoms. The zero-order valence-electron chi connectivity index (χ0n) is 15.9. The molecule has 0 atom stereocenters. The van der Waals surface area contributed by atoms with Crippen LogP contribution < -0.4 is 15.2 Å². The highest BCUT2D eigenvalue weighted by molar-refractivity contribution is 7.89. The highest BCUT2D eigenvalue weighted by atomic mass is 32.2. The monoisotopic (exact) mass is 431 g/mol. The van der Waals surface area contributed by atoms with E-state index in [0.717, 1.165) is 17.2 Å². The number of fused-ring (bicyclic) bond motifs is 1. The lowest BCUT2D eigenvalue weighted by Gasteiger charge is -2.17. The van der Waals surface area contributed by atoms with Crippen LogP contribution in [-0.4, -0.2) is 36.3 Å². The molecule has 1 amide bonds. The van der Waals surface area contributed by atoms with Crippen molar-refractivity contribution < 1.29 is 22.3 Å². The number of methoxy groups -OCH3 is 1. The predicted molar refractivity (Wildman–Crippen MR) is 106 cm³/mol. The van der Waals surface area contributed by atoms with Crippen LogP contribution in [0.1, 0.15) is 17.5 Å². The maximum Gasteiger partial charge on any atom is 0.346 e.